The van der Waals surface area contributed by atoms with Crippen LogP contribution in [0.25, 0.3) is 11.3 Å². The lowest BCUT2D eigenvalue weighted by atomic mass is 10.1. The number of hydrogen-bond donors (Lipinski definition) is 0. The molecule has 120 valence electrons. The molecule has 0 saturated carbocycles. The van der Waals surface area contributed by atoms with Crippen LogP contribution in [0, 0.1) is 11.3 Å². The Morgan fingerprint density at radius 3 is 2.54 bits per heavy atom. The number of hydrogen-bond acceptors (Lipinski definition) is 5. The molecule has 0 unspecified atom stereocenters. The number of nitriles is 1. The molecule has 0 amide bonds. The second-order valence-corrected chi connectivity index (χ2v) is 5.91. The van der Waals surface area contributed by atoms with Gasteiger partial charge >= 0.3 is 0 Å². The fraction of sp³-hybridized carbons (Fsp3) is 0.158. The standard InChI is InChI=1S/C19H16N2O2S/c1-24-19-17(13-20)18(23-21-19)15-7-9-16(10-8-15)22-12-11-14-5-3-2-4-6-14/h2-10H,11-12H2,1H3. The molecule has 3 rings (SSSR count). The average molecular weight is 336 g/mol. The molecule has 0 spiro atoms. The average Bonchev–Trinajstić information content (AvgIpc) is 3.06. The molecule has 1 aromatic heterocycles. The van der Waals surface area contributed by atoms with Crippen molar-refractivity contribution in [1.82, 2.24) is 5.16 Å². The molecule has 3 aromatic rings. The zero-order chi connectivity index (χ0) is 16.8. The van der Waals surface area contributed by atoms with Gasteiger partial charge in [-0.15, -0.1) is 11.8 Å². The Morgan fingerprint density at radius 1 is 1.12 bits per heavy atom. The Hall–Kier alpha value is -2.71. The SMILES string of the molecule is CSc1noc(-c2ccc(OCCc3ccccc3)cc2)c1C#N. The summed E-state index contributed by atoms with van der Waals surface area (Å²) in [6.45, 7) is 0.617. The van der Waals surface area contributed by atoms with Crippen molar-refractivity contribution in [2.24, 2.45) is 0 Å². The summed E-state index contributed by atoms with van der Waals surface area (Å²) in [7, 11) is 0. The summed E-state index contributed by atoms with van der Waals surface area (Å²) < 4.78 is 11.1. The minimum atomic E-state index is 0.472. The second-order valence-electron chi connectivity index (χ2n) is 5.12. The van der Waals surface area contributed by atoms with E-state index in [1.807, 2.05) is 48.7 Å². The van der Waals surface area contributed by atoms with E-state index in [4.69, 9.17) is 9.26 Å². The molecule has 0 radical (unpaired) electrons. The van der Waals surface area contributed by atoms with Crippen LogP contribution in [-0.2, 0) is 6.42 Å². The van der Waals surface area contributed by atoms with Crippen LogP contribution in [0.3, 0.4) is 0 Å². The van der Waals surface area contributed by atoms with Crippen molar-refractivity contribution in [3.63, 3.8) is 0 Å². The minimum absolute atomic E-state index is 0.472. The van der Waals surface area contributed by atoms with E-state index >= 15 is 0 Å². The zero-order valence-electron chi connectivity index (χ0n) is 13.2. The van der Waals surface area contributed by atoms with E-state index in [2.05, 4.69) is 23.4 Å². The topological polar surface area (TPSA) is 59.1 Å². The molecular formula is C19H16N2O2S. The Kier molecular flexibility index (Phi) is 5.19. The Balaban J connectivity index is 1.65. The summed E-state index contributed by atoms with van der Waals surface area (Å²) >= 11 is 1.40. The third-order valence-corrected chi connectivity index (χ3v) is 4.25. The summed E-state index contributed by atoms with van der Waals surface area (Å²) in [6.07, 6.45) is 2.73. The van der Waals surface area contributed by atoms with Crippen molar-refractivity contribution in [2.75, 3.05) is 12.9 Å². The van der Waals surface area contributed by atoms with Gasteiger partial charge in [-0.05, 0) is 36.1 Å². The maximum Gasteiger partial charge on any atom is 0.185 e. The molecule has 2 aromatic carbocycles. The number of thioether (sulfide) groups is 1. The maximum atomic E-state index is 9.27. The van der Waals surface area contributed by atoms with Crippen LogP contribution < -0.4 is 4.74 Å². The van der Waals surface area contributed by atoms with Crippen LogP contribution in [0.2, 0.25) is 0 Å². The zero-order valence-corrected chi connectivity index (χ0v) is 14.0. The smallest absolute Gasteiger partial charge is 0.185 e. The minimum Gasteiger partial charge on any atom is -0.493 e. The van der Waals surface area contributed by atoms with Crippen LogP contribution in [0.1, 0.15) is 11.1 Å². The third-order valence-electron chi connectivity index (χ3n) is 3.58. The first-order valence-electron chi connectivity index (χ1n) is 7.52. The van der Waals surface area contributed by atoms with Crippen LogP contribution in [-0.4, -0.2) is 18.0 Å². The number of nitrogens with zero attached hydrogens (tertiary/aromatic N) is 2. The first kappa shape index (κ1) is 16.2. The predicted octanol–water partition coefficient (Wildman–Crippen LogP) is 4.56. The Morgan fingerprint density at radius 2 is 1.88 bits per heavy atom. The summed E-state index contributed by atoms with van der Waals surface area (Å²) in [5, 5.41) is 13.8. The highest BCUT2D eigenvalue weighted by atomic mass is 32.2. The molecule has 0 aliphatic heterocycles. The van der Waals surface area contributed by atoms with Gasteiger partial charge in [-0.3, -0.25) is 0 Å². The van der Waals surface area contributed by atoms with Crippen LogP contribution in [0.5, 0.6) is 5.75 Å². The summed E-state index contributed by atoms with van der Waals surface area (Å²) in [5.41, 5.74) is 2.54. The van der Waals surface area contributed by atoms with Crippen LogP contribution in [0.15, 0.2) is 64.1 Å². The quantitative estimate of drug-likeness (QED) is 0.618. The number of aromatic nitrogens is 1. The van der Waals surface area contributed by atoms with E-state index in [1.165, 1.54) is 17.3 Å². The van der Waals surface area contributed by atoms with Gasteiger partial charge in [0, 0.05) is 12.0 Å². The molecule has 0 bridgehead atoms. The molecule has 0 atom stereocenters. The predicted molar refractivity (Wildman–Crippen MR) is 94.1 cm³/mol. The van der Waals surface area contributed by atoms with Gasteiger partial charge in [0.25, 0.3) is 0 Å². The van der Waals surface area contributed by atoms with E-state index < -0.39 is 0 Å². The molecule has 0 N–H and O–H groups in total. The van der Waals surface area contributed by atoms with Crippen molar-refractivity contribution in [2.45, 2.75) is 11.4 Å². The fourth-order valence-electron chi connectivity index (χ4n) is 2.34. The van der Waals surface area contributed by atoms with E-state index in [9.17, 15) is 5.26 Å². The van der Waals surface area contributed by atoms with Gasteiger partial charge in [-0.25, -0.2) is 0 Å². The number of benzene rings is 2. The highest BCUT2D eigenvalue weighted by molar-refractivity contribution is 7.98. The van der Waals surface area contributed by atoms with Gasteiger partial charge < -0.3 is 9.26 Å². The molecule has 0 fully saturated rings. The summed E-state index contributed by atoms with van der Waals surface area (Å²) in [4.78, 5) is 0. The van der Waals surface area contributed by atoms with E-state index in [-0.39, 0.29) is 0 Å². The van der Waals surface area contributed by atoms with Crippen molar-refractivity contribution < 1.29 is 9.26 Å². The molecule has 24 heavy (non-hydrogen) atoms. The largest absolute Gasteiger partial charge is 0.493 e. The first-order valence-corrected chi connectivity index (χ1v) is 8.75. The molecule has 0 saturated heterocycles. The summed E-state index contributed by atoms with van der Waals surface area (Å²) in [5.74, 6) is 1.29. The molecule has 0 aliphatic carbocycles. The lowest BCUT2D eigenvalue weighted by Gasteiger charge is -2.06. The van der Waals surface area contributed by atoms with Crippen molar-refractivity contribution in [3.05, 3.63) is 65.7 Å². The van der Waals surface area contributed by atoms with Crippen LogP contribution in [0.4, 0.5) is 0 Å². The number of rotatable bonds is 6. The molecule has 0 aliphatic rings. The Bertz CT molecular complexity index is 836. The van der Waals surface area contributed by atoms with Crippen molar-refractivity contribution in [1.29, 1.82) is 5.26 Å². The van der Waals surface area contributed by atoms with Gasteiger partial charge in [-0.2, -0.15) is 5.26 Å². The Labute approximate surface area is 145 Å². The monoisotopic (exact) mass is 336 g/mol. The molecular weight excluding hydrogens is 320 g/mol. The van der Waals surface area contributed by atoms with E-state index in [0.717, 1.165) is 17.7 Å². The second kappa shape index (κ2) is 7.71. The van der Waals surface area contributed by atoms with Crippen molar-refractivity contribution >= 4 is 11.8 Å². The lowest BCUT2D eigenvalue weighted by Crippen LogP contribution is -2.00. The number of ether oxygens (including phenoxy) is 1. The van der Waals surface area contributed by atoms with E-state index in [1.54, 1.807) is 0 Å². The first-order chi connectivity index (χ1) is 11.8. The van der Waals surface area contributed by atoms with Gasteiger partial charge in [-0.1, -0.05) is 35.5 Å². The van der Waals surface area contributed by atoms with Gasteiger partial charge in [0.1, 0.15) is 17.4 Å². The highest BCUT2D eigenvalue weighted by Crippen LogP contribution is 2.31. The van der Waals surface area contributed by atoms with Crippen LogP contribution >= 0.6 is 11.8 Å². The highest BCUT2D eigenvalue weighted by Gasteiger charge is 2.16. The molecule has 1 heterocycles. The maximum absolute atomic E-state index is 9.27. The van der Waals surface area contributed by atoms with Gasteiger partial charge in [0.2, 0.25) is 0 Å². The molecule has 5 heteroatoms. The molecule has 4 nitrogen and oxygen atoms in total. The lowest BCUT2D eigenvalue weighted by molar-refractivity contribution is 0.322. The third kappa shape index (κ3) is 3.61. The summed E-state index contributed by atoms with van der Waals surface area (Å²) in [6, 6.07) is 19.9. The van der Waals surface area contributed by atoms with E-state index in [0.29, 0.717) is 23.0 Å². The van der Waals surface area contributed by atoms with Gasteiger partial charge in [0.05, 0.1) is 6.61 Å². The van der Waals surface area contributed by atoms with Crippen molar-refractivity contribution in [3.8, 4) is 23.1 Å². The van der Waals surface area contributed by atoms with Gasteiger partial charge in [0.15, 0.2) is 10.8 Å². The fourth-order valence-corrected chi connectivity index (χ4v) is 2.80. The normalized spacial score (nSPS) is 10.3.